The molecule has 0 unspecified atom stereocenters. The van der Waals surface area contributed by atoms with Gasteiger partial charge in [0.25, 0.3) is 0 Å². The van der Waals surface area contributed by atoms with Gasteiger partial charge < -0.3 is 14.6 Å². The first-order valence-corrected chi connectivity index (χ1v) is 6.93. The molecule has 0 heterocycles. The van der Waals surface area contributed by atoms with Crippen molar-refractivity contribution in [2.24, 2.45) is 0 Å². The van der Waals surface area contributed by atoms with Gasteiger partial charge in [0.15, 0.2) is 6.61 Å². The third kappa shape index (κ3) is 4.59. The van der Waals surface area contributed by atoms with Gasteiger partial charge in [-0.25, -0.2) is 4.79 Å². The predicted octanol–water partition coefficient (Wildman–Crippen LogP) is 3.03. The van der Waals surface area contributed by atoms with E-state index in [9.17, 15) is 4.79 Å². The average Bonchev–Trinajstić information content (AvgIpc) is 2.26. The van der Waals surface area contributed by atoms with Crippen LogP contribution in [-0.4, -0.2) is 23.8 Å². The maximum absolute atomic E-state index is 11.4. The van der Waals surface area contributed by atoms with Crippen molar-refractivity contribution in [2.45, 2.75) is 26.6 Å². The van der Waals surface area contributed by atoms with Crippen LogP contribution in [0.25, 0.3) is 0 Å². The van der Waals surface area contributed by atoms with Crippen molar-refractivity contribution in [1.82, 2.24) is 0 Å². The topological polar surface area (TPSA) is 55.8 Å². The molecule has 0 aliphatic carbocycles. The largest absolute Gasteiger partial charge is 0.480 e. The van der Waals surface area contributed by atoms with Crippen LogP contribution in [0.4, 0.5) is 0 Å². The van der Waals surface area contributed by atoms with Crippen molar-refractivity contribution in [1.29, 1.82) is 0 Å². The lowest BCUT2D eigenvalue weighted by Gasteiger charge is -2.12. The van der Waals surface area contributed by atoms with Crippen LogP contribution in [0.2, 0.25) is 0 Å². The Balaban J connectivity index is 2.70. The second kappa shape index (κ2) is 7.11. The molecule has 0 amide bonds. The number of rotatable bonds is 5. The van der Waals surface area contributed by atoms with E-state index >= 15 is 0 Å². The summed E-state index contributed by atoms with van der Waals surface area (Å²) in [6.45, 7) is 3.33. The van der Waals surface area contributed by atoms with Gasteiger partial charge in [-0.3, -0.25) is 0 Å². The highest BCUT2D eigenvalue weighted by Gasteiger charge is 2.12. The molecule has 1 rings (SSSR count). The summed E-state index contributed by atoms with van der Waals surface area (Å²) in [7, 11) is 0. The number of aliphatic hydroxyl groups is 1. The summed E-state index contributed by atoms with van der Waals surface area (Å²) in [5.41, 5.74) is 0.742. The maximum atomic E-state index is 11.4. The number of carbonyl (C=O) groups excluding carboxylic acids is 1. The van der Waals surface area contributed by atoms with Crippen molar-refractivity contribution in [3.05, 3.63) is 26.6 Å². The lowest BCUT2D eigenvalue weighted by Crippen LogP contribution is -2.19. The first-order valence-electron chi connectivity index (χ1n) is 5.35. The van der Waals surface area contributed by atoms with Crippen LogP contribution in [0.3, 0.4) is 0 Å². The fourth-order valence-corrected chi connectivity index (χ4v) is 2.78. The molecule has 0 saturated heterocycles. The Morgan fingerprint density at radius 1 is 1.33 bits per heavy atom. The van der Waals surface area contributed by atoms with E-state index in [1.54, 1.807) is 26.0 Å². The van der Waals surface area contributed by atoms with E-state index in [-0.39, 0.29) is 19.3 Å². The van der Waals surface area contributed by atoms with Gasteiger partial charge in [-0.2, -0.15) is 0 Å². The Hall–Kier alpha value is -0.590. The molecular formula is C12H14Br2O4. The van der Waals surface area contributed by atoms with Crippen LogP contribution in [0.15, 0.2) is 21.1 Å². The third-order valence-electron chi connectivity index (χ3n) is 1.94. The van der Waals surface area contributed by atoms with E-state index in [1.807, 2.05) is 0 Å². The summed E-state index contributed by atoms with van der Waals surface area (Å²) in [4.78, 5) is 11.4. The molecule has 1 aromatic carbocycles. The predicted molar refractivity (Wildman–Crippen MR) is 74.5 cm³/mol. The molecule has 0 aliphatic rings. The van der Waals surface area contributed by atoms with Crippen molar-refractivity contribution >= 4 is 37.8 Å². The highest BCUT2D eigenvalue weighted by molar-refractivity contribution is 9.11. The van der Waals surface area contributed by atoms with Crippen molar-refractivity contribution in [3.8, 4) is 5.75 Å². The lowest BCUT2D eigenvalue weighted by atomic mass is 10.2. The zero-order valence-corrected chi connectivity index (χ0v) is 13.2. The Morgan fingerprint density at radius 3 is 2.33 bits per heavy atom. The van der Waals surface area contributed by atoms with Gasteiger partial charge in [-0.15, -0.1) is 0 Å². The first kappa shape index (κ1) is 15.5. The molecule has 0 saturated carbocycles. The number of aliphatic hydroxyl groups excluding tert-OH is 1. The van der Waals surface area contributed by atoms with Crippen LogP contribution < -0.4 is 4.74 Å². The summed E-state index contributed by atoms with van der Waals surface area (Å²) in [6.07, 6.45) is -0.162. The second-order valence-electron chi connectivity index (χ2n) is 3.87. The van der Waals surface area contributed by atoms with Crippen LogP contribution in [0.1, 0.15) is 19.4 Å². The van der Waals surface area contributed by atoms with Crippen molar-refractivity contribution in [2.75, 3.05) is 6.61 Å². The van der Waals surface area contributed by atoms with Gasteiger partial charge in [0.05, 0.1) is 21.7 Å². The van der Waals surface area contributed by atoms with E-state index in [4.69, 9.17) is 14.6 Å². The van der Waals surface area contributed by atoms with E-state index in [0.717, 1.165) is 5.56 Å². The Kier molecular flexibility index (Phi) is 6.11. The van der Waals surface area contributed by atoms with Gasteiger partial charge in [-0.1, -0.05) is 0 Å². The lowest BCUT2D eigenvalue weighted by molar-refractivity contribution is -0.149. The molecule has 1 N–H and O–H groups in total. The summed E-state index contributed by atoms with van der Waals surface area (Å²) in [5, 5.41) is 9.04. The van der Waals surface area contributed by atoms with Gasteiger partial charge >= 0.3 is 5.97 Å². The Labute approximate surface area is 123 Å². The number of carbonyl (C=O) groups is 1. The summed E-state index contributed by atoms with van der Waals surface area (Å²) in [6, 6.07) is 3.46. The molecule has 4 nitrogen and oxygen atoms in total. The van der Waals surface area contributed by atoms with Crippen molar-refractivity contribution < 1.29 is 19.4 Å². The fraction of sp³-hybridized carbons (Fsp3) is 0.417. The molecule has 1 aromatic rings. The van der Waals surface area contributed by atoms with Crippen molar-refractivity contribution in [3.63, 3.8) is 0 Å². The summed E-state index contributed by atoms with van der Waals surface area (Å²) < 4.78 is 11.7. The minimum atomic E-state index is -0.421. The van der Waals surface area contributed by atoms with Crippen LogP contribution >= 0.6 is 31.9 Å². The Bertz CT molecular complexity index is 409. The van der Waals surface area contributed by atoms with Crippen LogP contribution in [0.5, 0.6) is 5.75 Å². The highest BCUT2D eigenvalue weighted by Crippen LogP contribution is 2.34. The van der Waals surface area contributed by atoms with E-state index in [2.05, 4.69) is 31.9 Å². The number of hydrogen-bond donors (Lipinski definition) is 1. The maximum Gasteiger partial charge on any atom is 0.344 e. The highest BCUT2D eigenvalue weighted by atomic mass is 79.9. The molecule has 0 radical (unpaired) electrons. The average molecular weight is 382 g/mol. The SMILES string of the molecule is CC(C)OC(=O)COc1c(Br)cc(CO)cc1Br. The Morgan fingerprint density at radius 2 is 1.89 bits per heavy atom. The minimum Gasteiger partial charge on any atom is -0.480 e. The number of ether oxygens (including phenoxy) is 2. The molecule has 0 atom stereocenters. The monoisotopic (exact) mass is 380 g/mol. The van der Waals surface area contributed by atoms with Gasteiger partial charge in [0, 0.05) is 0 Å². The zero-order chi connectivity index (χ0) is 13.7. The van der Waals surface area contributed by atoms with E-state index in [0.29, 0.717) is 14.7 Å². The number of halogens is 2. The smallest absolute Gasteiger partial charge is 0.344 e. The minimum absolute atomic E-state index is 0.0626. The molecule has 0 aromatic heterocycles. The van der Waals surface area contributed by atoms with E-state index in [1.165, 1.54) is 0 Å². The number of hydrogen-bond acceptors (Lipinski definition) is 4. The van der Waals surface area contributed by atoms with Gasteiger partial charge in [0.1, 0.15) is 5.75 Å². The molecule has 0 spiro atoms. The molecular weight excluding hydrogens is 368 g/mol. The van der Waals surface area contributed by atoms with Crippen LogP contribution in [0, 0.1) is 0 Å². The third-order valence-corrected chi connectivity index (χ3v) is 3.12. The number of esters is 1. The normalized spacial score (nSPS) is 10.6. The zero-order valence-electron chi connectivity index (χ0n) is 10.1. The van der Waals surface area contributed by atoms with Crippen LogP contribution in [-0.2, 0) is 16.1 Å². The quantitative estimate of drug-likeness (QED) is 0.796. The molecule has 18 heavy (non-hydrogen) atoms. The number of benzene rings is 1. The first-order chi connectivity index (χ1) is 8.43. The summed E-state index contributed by atoms with van der Waals surface area (Å²) >= 11 is 6.64. The van der Waals surface area contributed by atoms with Gasteiger partial charge in [-0.05, 0) is 63.4 Å². The molecule has 6 heteroatoms. The summed E-state index contributed by atoms with van der Waals surface area (Å²) in [5.74, 6) is 0.0861. The second-order valence-corrected chi connectivity index (χ2v) is 5.58. The molecule has 100 valence electrons. The standard InChI is InChI=1S/C12H14Br2O4/c1-7(2)18-11(16)6-17-12-9(13)3-8(5-15)4-10(12)14/h3-4,7,15H,5-6H2,1-2H3. The fourth-order valence-electron chi connectivity index (χ4n) is 1.27. The molecule has 0 aliphatic heterocycles. The molecule has 0 fully saturated rings. The van der Waals surface area contributed by atoms with Gasteiger partial charge in [0.2, 0.25) is 0 Å². The molecule has 0 bridgehead atoms. The van der Waals surface area contributed by atoms with E-state index < -0.39 is 5.97 Å².